The molecule has 3 heterocycles. The van der Waals surface area contributed by atoms with Crippen LogP contribution in [0.1, 0.15) is 12.7 Å². The first-order valence-corrected chi connectivity index (χ1v) is 9.29. The summed E-state index contributed by atoms with van der Waals surface area (Å²) in [7, 11) is 2.01. The Morgan fingerprint density at radius 2 is 2.00 bits per heavy atom. The minimum atomic E-state index is 0.592. The number of hydrogen-bond donors (Lipinski definition) is 0. The Kier molecular flexibility index (Phi) is 4.40. The maximum atomic E-state index is 5.70. The van der Waals surface area contributed by atoms with E-state index in [9.17, 15) is 0 Å². The molecule has 1 aliphatic rings. The zero-order valence-electron chi connectivity index (χ0n) is 14.3. The maximum absolute atomic E-state index is 5.70. The van der Waals surface area contributed by atoms with Gasteiger partial charge in [0.05, 0.1) is 17.6 Å². The van der Waals surface area contributed by atoms with Crippen LogP contribution in [0.5, 0.6) is 11.5 Å². The number of hydrogen-bond acceptors (Lipinski definition) is 5. The van der Waals surface area contributed by atoms with Gasteiger partial charge in [-0.2, -0.15) is 0 Å². The Hall–Kier alpha value is -2.41. The average Bonchev–Trinajstić information content (AvgIpc) is 3.25. The molecule has 2 aromatic heterocycles. The molecule has 130 valence electrons. The largest absolute Gasteiger partial charge is 0.486 e. The summed E-state index contributed by atoms with van der Waals surface area (Å²) in [5, 5.41) is 0.996. The SMILES string of the molecule is CCn1c(-c2ccc3c(c2)OCCO3)cnc1SCc1nccn1C. The van der Waals surface area contributed by atoms with E-state index in [-0.39, 0.29) is 0 Å². The molecule has 25 heavy (non-hydrogen) atoms. The Morgan fingerprint density at radius 3 is 2.76 bits per heavy atom. The van der Waals surface area contributed by atoms with E-state index in [0.717, 1.165) is 46.0 Å². The molecule has 0 amide bonds. The van der Waals surface area contributed by atoms with Gasteiger partial charge < -0.3 is 18.6 Å². The molecule has 0 N–H and O–H groups in total. The second kappa shape index (κ2) is 6.84. The predicted molar refractivity (Wildman–Crippen MR) is 97.1 cm³/mol. The van der Waals surface area contributed by atoms with Crippen LogP contribution in [0.25, 0.3) is 11.3 Å². The fourth-order valence-electron chi connectivity index (χ4n) is 2.88. The number of rotatable bonds is 5. The highest BCUT2D eigenvalue weighted by molar-refractivity contribution is 7.98. The van der Waals surface area contributed by atoms with Crippen molar-refractivity contribution in [3.8, 4) is 22.8 Å². The molecule has 3 aromatic rings. The van der Waals surface area contributed by atoms with Gasteiger partial charge in [0.25, 0.3) is 0 Å². The molecule has 0 fully saturated rings. The molecule has 7 heteroatoms. The van der Waals surface area contributed by atoms with E-state index in [1.54, 1.807) is 11.8 Å². The van der Waals surface area contributed by atoms with Crippen molar-refractivity contribution in [3.63, 3.8) is 0 Å². The van der Waals surface area contributed by atoms with Gasteiger partial charge in [0.1, 0.15) is 19.0 Å². The van der Waals surface area contributed by atoms with Gasteiger partial charge in [-0.25, -0.2) is 9.97 Å². The quantitative estimate of drug-likeness (QED) is 0.656. The summed E-state index contributed by atoms with van der Waals surface area (Å²) in [6.45, 7) is 4.18. The van der Waals surface area contributed by atoms with Crippen LogP contribution in [0.15, 0.2) is 41.9 Å². The molecule has 1 aliphatic heterocycles. The highest BCUT2D eigenvalue weighted by Crippen LogP contribution is 2.35. The maximum Gasteiger partial charge on any atom is 0.168 e. The summed E-state index contributed by atoms with van der Waals surface area (Å²) < 4.78 is 15.6. The van der Waals surface area contributed by atoms with Gasteiger partial charge in [-0.05, 0) is 25.1 Å². The summed E-state index contributed by atoms with van der Waals surface area (Å²) in [5.41, 5.74) is 2.17. The van der Waals surface area contributed by atoms with Crippen LogP contribution < -0.4 is 9.47 Å². The molecule has 0 unspecified atom stereocenters. The van der Waals surface area contributed by atoms with E-state index in [1.807, 2.05) is 42.3 Å². The van der Waals surface area contributed by atoms with Crippen molar-refractivity contribution in [2.75, 3.05) is 13.2 Å². The van der Waals surface area contributed by atoms with E-state index >= 15 is 0 Å². The van der Waals surface area contributed by atoms with Crippen LogP contribution >= 0.6 is 11.8 Å². The fraction of sp³-hybridized carbons (Fsp3) is 0.333. The van der Waals surface area contributed by atoms with E-state index in [0.29, 0.717) is 13.2 Å². The molecule has 1 aromatic carbocycles. The Labute approximate surface area is 150 Å². The number of imidazole rings is 2. The van der Waals surface area contributed by atoms with Gasteiger partial charge in [0, 0.05) is 31.5 Å². The average molecular weight is 356 g/mol. The van der Waals surface area contributed by atoms with Crippen LogP contribution in [0.3, 0.4) is 0 Å². The number of fused-ring (bicyclic) bond motifs is 1. The second-order valence-electron chi connectivity index (χ2n) is 5.77. The number of benzene rings is 1. The third-order valence-electron chi connectivity index (χ3n) is 4.22. The van der Waals surface area contributed by atoms with Crippen molar-refractivity contribution in [1.29, 1.82) is 0 Å². The summed E-state index contributed by atoms with van der Waals surface area (Å²) in [4.78, 5) is 9.00. The Bertz CT molecular complexity index is 887. The van der Waals surface area contributed by atoms with Gasteiger partial charge in [-0.3, -0.25) is 0 Å². The van der Waals surface area contributed by atoms with Crippen molar-refractivity contribution < 1.29 is 9.47 Å². The van der Waals surface area contributed by atoms with Crippen LogP contribution in [0, 0.1) is 0 Å². The van der Waals surface area contributed by atoms with Crippen molar-refractivity contribution in [3.05, 3.63) is 42.6 Å². The number of aryl methyl sites for hydroxylation is 1. The van der Waals surface area contributed by atoms with Crippen LogP contribution in [0.4, 0.5) is 0 Å². The molecule has 0 saturated carbocycles. The smallest absolute Gasteiger partial charge is 0.168 e. The Morgan fingerprint density at radius 1 is 1.16 bits per heavy atom. The lowest BCUT2D eigenvalue weighted by Gasteiger charge is -2.19. The zero-order valence-corrected chi connectivity index (χ0v) is 15.1. The molecule has 0 saturated heterocycles. The molecule has 0 atom stereocenters. The summed E-state index contributed by atoms with van der Waals surface area (Å²) in [6, 6.07) is 6.06. The Balaban J connectivity index is 1.60. The third kappa shape index (κ3) is 3.11. The lowest BCUT2D eigenvalue weighted by atomic mass is 10.1. The first kappa shape index (κ1) is 16.1. The van der Waals surface area contributed by atoms with Crippen molar-refractivity contribution in [2.45, 2.75) is 24.4 Å². The van der Waals surface area contributed by atoms with Crippen LogP contribution in [-0.4, -0.2) is 32.3 Å². The van der Waals surface area contributed by atoms with E-state index < -0.39 is 0 Å². The topological polar surface area (TPSA) is 54.1 Å². The lowest BCUT2D eigenvalue weighted by Crippen LogP contribution is -2.15. The second-order valence-corrected chi connectivity index (χ2v) is 6.71. The van der Waals surface area contributed by atoms with Crippen LogP contribution in [-0.2, 0) is 19.3 Å². The predicted octanol–water partition coefficient (Wildman–Crippen LogP) is 3.37. The molecule has 0 spiro atoms. The summed E-state index contributed by atoms with van der Waals surface area (Å²) >= 11 is 1.70. The number of thioether (sulfide) groups is 1. The highest BCUT2D eigenvalue weighted by atomic mass is 32.2. The summed E-state index contributed by atoms with van der Waals surface area (Å²) in [6.07, 6.45) is 5.71. The van der Waals surface area contributed by atoms with Crippen molar-refractivity contribution in [2.24, 2.45) is 7.05 Å². The minimum Gasteiger partial charge on any atom is -0.486 e. The summed E-state index contributed by atoms with van der Waals surface area (Å²) in [5.74, 6) is 3.44. The van der Waals surface area contributed by atoms with Gasteiger partial charge in [-0.15, -0.1) is 0 Å². The molecule has 4 rings (SSSR count). The number of nitrogens with zero attached hydrogens (tertiary/aromatic N) is 4. The van der Waals surface area contributed by atoms with E-state index in [1.165, 1.54) is 0 Å². The minimum absolute atomic E-state index is 0.592. The highest BCUT2D eigenvalue weighted by Gasteiger charge is 2.16. The number of aromatic nitrogens is 4. The molecule has 0 aliphatic carbocycles. The number of ether oxygens (including phenoxy) is 2. The van der Waals surface area contributed by atoms with Gasteiger partial charge in [-0.1, -0.05) is 11.8 Å². The zero-order chi connectivity index (χ0) is 17.2. The molecule has 6 nitrogen and oxygen atoms in total. The standard InChI is InChI=1S/C18H20N4O2S/c1-3-22-14(13-4-5-15-16(10-13)24-9-8-23-15)11-20-18(22)25-12-17-19-6-7-21(17)2/h4-7,10-11H,3,8-9,12H2,1-2H3. The normalized spacial score (nSPS) is 13.2. The van der Waals surface area contributed by atoms with Crippen LogP contribution in [0.2, 0.25) is 0 Å². The monoisotopic (exact) mass is 356 g/mol. The third-order valence-corrected chi connectivity index (χ3v) is 5.21. The van der Waals surface area contributed by atoms with Gasteiger partial charge in [0.15, 0.2) is 16.7 Å². The lowest BCUT2D eigenvalue weighted by molar-refractivity contribution is 0.171. The van der Waals surface area contributed by atoms with Gasteiger partial charge in [0.2, 0.25) is 0 Å². The van der Waals surface area contributed by atoms with Gasteiger partial charge >= 0.3 is 0 Å². The molecular weight excluding hydrogens is 336 g/mol. The molecule has 0 bridgehead atoms. The van der Waals surface area contributed by atoms with E-state index in [2.05, 4.69) is 27.5 Å². The van der Waals surface area contributed by atoms with Crippen molar-refractivity contribution >= 4 is 11.8 Å². The molecule has 0 radical (unpaired) electrons. The first-order valence-electron chi connectivity index (χ1n) is 8.31. The van der Waals surface area contributed by atoms with E-state index in [4.69, 9.17) is 9.47 Å². The molecular formula is C18H20N4O2S. The fourth-order valence-corrected chi connectivity index (χ4v) is 3.92. The van der Waals surface area contributed by atoms with Crippen molar-refractivity contribution in [1.82, 2.24) is 19.1 Å². The first-order chi connectivity index (χ1) is 12.3.